The number of carbonyl (C=O) groups is 3. The molecule has 1 amide bonds. The quantitative estimate of drug-likeness (QED) is 0.876. The molecule has 2 aromatic carbocycles. The van der Waals surface area contributed by atoms with Crippen LogP contribution in [-0.4, -0.2) is 46.0 Å². The Morgan fingerprint density at radius 2 is 1.65 bits per heavy atom. The summed E-state index contributed by atoms with van der Waals surface area (Å²) >= 11 is 0. The van der Waals surface area contributed by atoms with Crippen LogP contribution in [0.4, 0.5) is 4.39 Å². The van der Waals surface area contributed by atoms with Crippen LogP contribution >= 0.6 is 0 Å². The molecule has 0 aromatic heterocycles. The molecule has 2 atom stereocenters. The van der Waals surface area contributed by atoms with E-state index < -0.39 is 35.5 Å². The number of carboxylic acids is 2. The van der Waals surface area contributed by atoms with Gasteiger partial charge in [-0.1, -0.05) is 18.2 Å². The van der Waals surface area contributed by atoms with Gasteiger partial charge in [-0.3, -0.25) is 9.59 Å². The molecule has 1 saturated heterocycles. The Bertz CT molecular complexity index is 882. The van der Waals surface area contributed by atoms with Crippen molar-refractivity contribution in [3.63, 3.8) is 0 Å². The van der Waals surface area contributed by atoms with Crippen LogP contribution in [0.3, 0.4) is 0 Å². The number of benzene rings is 2. The molecule has 6 nitrogen and oxygen atoms in total. The van der Waals surface area contributed by atoms with Crippen molar-refractivity contribution in [1.29, 1.82) is 0 Å². The molecule has 0 radical (unpaired) electrons. The molecule has 2 N–H and O–H groups in total. The molecular formula is C19H16FNO5. The molecule has 0 unspecified atom stereocenters. The summed E-state index contributed by atoms with van der Waals surface area (Å²) in [6, 6.07) is 11.3. The van der Waals surface area contributed by atoms with Crippen LogP contribution in [-0.2, 0) is 4.79 Å². The summed E-state index contributed by atoms with van der Waals surface area (Å²) in [7, 11) is 0. The standard InChI is InChI=1S/C19H16FNO5/c20-14-6-2-3-11(8-14)15-9-21(10-16(15)19(25)26)17(22)12-4-1-5-13(7-12)18(23)24/h1-8,15-16H,9-10H2,(H,23,24)(H,25,26)/t15-,16+/m0/s1. The SMILES string of the molecule is O=C(O)c1cccc(C(=O)N2C[C@@H](C(=O)O)[C@H](c3cccc(F)c3)C2)c1. The second-order valence-electron chi connectivity index (χ2n) is 6.20. The summed E-state index contributed by atoms with van der Waals surface area (Å²) in [5.74, 6) is -4.52. The summed E-state index contributed by atoms with van der Waals surface area (Å²) in [4.78, 5) is 36.7. The Kier molecular flexibility index (Phi) is 4.71. The lowest BCUT2D eigenvalue weighted by molar-refractivity contribution is -0.141. The summed E-state index contributed by atoms with van der Waals surface area (Å²) in [6.45, 7) is 0.100. The predicted octanol–water partition coefficient (Wildman–Crippen LogP) is 2.46. The molecule has 0 aliphatic carbocycles. The van der Waals surface area contributed by atoms with E-state index in [0.29, 0.717) is 5.56 Å². The highest BCUT2D eigenvalue weighted by Gasteiger charge is 2.40. The number of likely N-dealkylation sites (tertiary alicyclic amines) is 1. The lowest BCUT2D eigenvalue weighted by Crippen LogP contribution is -2.30. The molecule has 3 rings (SSSR count). The number of rotatable bonds is 4. The van der Waals surface area contributed by atoms with Gasteiger partial charge in [0.25, 0.3) is 5.91 Å². The second kappa shape index (κ2) is 6.95. The molecule has 1 aliphatic rings. The lowest BCUT2D eigenvalue weighted by Gasteiger charge is -2.17. The maximum atomic E-state index is 13.5. The molecule has 0 saturated carbocycles. The minimum Gasteiger partial charge on any atom is -0.481 e. The second-order valence-corrected chi connectivity index (χ2v) is 6.20. The molecule has 2 aromatic rings. The first kappa shape index (κ1) is 17.6. The van der Waals surface area contributed by atoms with Gasteiger partial charge in [-0.15, -0.1) is 0 Å². The Hall–Kier alpha value is -3.22. The highest BCUT2D eigenvalue weighted by molar-refractivity contribution is 5.98. The zero-order chi connectivity index (χ0) is 18.8. The Balaban J connectivity index is 1.88. The molecule has 1 aliphatic heterocycles. The maximum Gasteiger partial charge on any atom is 0.335 e. The zero-order valence-electron chi connectivity index (χ0n) is 13.6. The molecule has 7 heteroatoms. The number of nitrogens with zero attached hydrogens (tertiary/aromatic N) is 1. The van der Waals surface area contributed by atoms with Gasteiger partial charge in [0.1, 0.15) is 5.82 Å². The van der Waals surface area contributed by atoms with Crippen molar-refractivity contribution in [1.82, 2.24) is 4.90 Å². The minimum absolute atomic E-state index is 0.0212. The predicted molar refractivity (Wildman–Crippen MR) is 89.6 cm³/mol. The van der Waals surface area contributed by atoms with Crippen molar-refractivity contribution in [3.8, 4) is 0 Å². The third-order valence-electron chi connectivity index (χ3n) is 4.56. The molecule has 1 heterocycles. The topological polar surface area (TPSA) is 94.9 Å². The van der Waals surface area contributed by atoms with Gasteiger partial charge in [0, 0.05) is 24.6 Å². The summed E-state index contributed by atoms with van der Waals surface area (Å²) in [6.07, 6.45) is 0. The van der Waals surface area contributed by atoms with Crippen molar-refractivity contribution in [2.24, 2.45) is 5.92 Å². The number of hydrogen-bond acceptors (Lipinski definition) is 3. The summed E-state index contributed by atoms with van der Waals surface area (Å²) in [5.41, 5.74) is 0.674. The average Bonchev–Trinajstić information content (AvgIpc) is 3.07. The molecule has 26 heavy (non-hydrogen) atoms. The van der Waals surface area contributed by atoms with Gasteiger partial charge >= 0.3 is 11.9 Å². The number of hydrogen-bond donors (Lipinski definition) is 2. The Labute approximate surface area is 148 Å². The number of aliphatic carboxylic acids is 1. The molecule has 0 spiro atoms. The third kappa shape index (κ3) is 3.42. The summed E-state index contributed by atoms with van der Waals surface area (Å²) in [5, 5.41) is 18.5. The first-order valence-electron chi connectivity index (χ1n) is 7.97. The van der Waals surface area contributed by atoms with Crippen molar-refractivity contribution in [2.45, 2.75) is 5.92 Å². The highest BCUT2D eigenvalue weighted by Crippen LogP contribution is 2.34. The van der Waals surface area contributed by atoms with Crippen LogP contribution in [0.5, 0.6) is 0 Å². The van der Waals surface area contributed by atoms with Gasteiger partial charge < -0.3 is 15.1 Å². The van der Waals surface area contributed by atoms with Gasteiger partial charge in [-0.05, 0) is 35.9 Å². The Morgan fingerprint density at radius 3 is 2.31 bits per heavy atom. The van der Waals surface area contributed by atoms with E-state index in [-0.39, 0.29) is 24.2 Å². The number of amides is 1. The average molecular weight is 357 g/mol. The zero-order valence-corrected chi connectivity index (χ0v) is 13.6. The van der Waals surface area contributed by atoms with E-state index in [1.807, 2.05) is 0 Å². The first-order chi connectivity index (χ1) is 12.4. The van der Waals surface area contributed by atoms with Crippen molar-refractivity contribution < 1.29 is 29.0 Å². The van der Waals surface area contributed by atoms with Crippen molar-refractivity contribution in [2.75, 3.05) is 13.1 Å². The highest BCUT2D eigenvalue weighted by atomic mass is 19.1. The van der Waals surface area contributed by atoms with E-state index in [0.717, 1.165) is 0 Å². The fourth-order valence-electron chi connectivity index (χ4n) is 3.26. The number of aromatic carboxylic acids is 1. The minimum atomic E-state index is -1.15. The van der Waals surface area contributed by atoms with Gasteiger partial charge in [-0.25, -0.2) is 9.18 Å². The molecular weight excluding hydrogens is 341 g/mol. The first-order valence-corrected chi connectivity index (χ1v) is 7.97. The van der Waals surface area contributed by atoms with E-state index in [1.54, 1.807) is 6.07 Å². The summed E-state index contributed by atoms with van der Waals surface area (Å²) < 4.78 is 13.5. The fourth-order valence-corrected chi connectivity index (χ4v) is 3.26. The van der Waals surface area contributed by atoms with E-state index in [2.05, 4.69) is 0 Å². The fraction of sp³-hybridized carbons (Fsp3) is 0.211. The van der Waals surface area contributed by atoms with Gasteiger partial charge in [-0.2, -0.15) is 0 Å². The van der Waals surface area contributed by atoms with Crippen LogP contribution in [0, 0.1) is 11.7 Å². The molecule has 1 fully saturated rings. The normalized spacial score (nSPS) is 19.3. The van der Waals surface area contributed by atoms with Crippen LogP contribution < -0.4 is 0 Å². The monoisotopic (exact) mass is 357 g/mol. The van der Waals surface area contributed by atoms with Gasteiger partial charge in [0.2, 0.25) is 0 Å². The third-order valence-corrected chi connectivity index (χ3v) is 4.56. The van der Waals surface area contributed by atoms with Crippen LogP contribution in [0.1, 0.15) is 32.2 Å². The largest absolute Gasteiger partial charge is 0.481 e. The number of carboxylic acid groups (broad SMARTS) is 2. The van der Waals surface area contributed by atoms with E-state index in [1.165, 1.54) is 47.4 Å². The Morgan fingerprint density at radius 1 is 0.962 bits per heavy atom. The van der Waals surface area contributed by atoms with E-state index in [9.17, 15) is 23.9 Å². The number of carbonyl (C=O) groups excluding carboxylic acids is 1. The van der Waals surface area contributed by atoms with Crippen LogP contribution in [0.15, 0.2) is 48.5 Å². The van der Waals surface area contributed by atoms with Crippen LogP contribution in [0.2, 0.25) is 0 Å². The van der Waals surface area contributed by atoms with Gasteiger partial charge in [0.15, 0.2) is 0 Å². The van der Waals surface area contributed by atoms with Gasteiger partial charge in [0.05, 0.1) is 11.5 Å². The maximum absolute atomic E-state index is 13.5. The van der Waals surface area contributed by atoms with E-state index in [4.69, 9.17) is 5.11 Å². The van der Waals surface area contributed by atoms with Crippen LogP contribution in [0.25, 0.3) is 0 Å². The van der Waals surface area contributed by atoms with E-state index >= 15 is 0 Å². The molecule has 134 valence electrons. The molecule has 0 bridgehead atoms. The van der Waals surface area contributed by atoms with Crippen molar-refractivity contribution >= 4 is 17.8 Å². The smallest absolute Gasteiger partial charge is 0.335 e. The van der Waals surface area contributed by atoms with Crippen molar-refractivity contribution in [3.05, 3.63) is 71.0 Å². The lowest BCUT2D eigenvalue weighted by atomic mass is 9.89. The number of halogens is 1.